The van der Waals surface area contributed by atoms with Crippen LogP contribution in [-0.4, -0.2) is 27.9 Å². The molecule has 0 saturated heterocycles. The van der Waals surface area contributed by atoms with Gasteiger partial charge in [-0.1, -0.05) is 30.3 Å². The van der Waals surface area contributed by atoms with Gasteiger partial charge < -0.3 is 24.7 Å². The average Bonchev–Trinajstić information content (AvgIpc) is 2.87. The van der Waals surface area contributed by atoms with Crippen molar-refractivity contribution in [2.24, 2.45) is 11.7 Å². The number of benzene rings is 3. The molecule has 1 atom stereocenters. The minimum atomic E-state index is 0.525. The Hall–Kier alpha value is -3.18. The summed E-state index contributed by atoms with van der Waals surface area (Å²) >= 11 is 0. The first-order chi connectivity index (χ1) is 16.6. The quantitative estimate of drug-likeness (QED) is 0.442. The molecule has 0 heterocycles. The highest BCUT2D eigenvalue weighted by Gasteiger charge is 2.20. The molecule has 34 heavy (non-hydrogen) atoms. The number of rotatable bonds is 9. The Bertz CT molecular complexity index is 1120. The molecule has 3 aromatic carbocycles. The van der Waals surface area contributed by atoms with Crippen LogP contribution < -0.4 is 24.7 Å². The summed E-state index contributed by atoms with van der Waals surface area (Å²) in [4.78, 5) is 0. The Kier molecular flexibility index (Phi) is 7.63. The predicted molar refractivity (Wildman–Crippen MR) is 136 cm³/mol. The summed E-state index contributed by atoms with van der Waals surface area (Å²) < 4.78 is 22.9. The molecular formula is C29H35NO4. The Morgan fingerprint density at radius 3 is 2.32 bits per heavy atom. The van der Waals surface area contributed by atoms with Crippen LogP contribution in [0.5, 0.6) is 23.0 Å². The van der Waals surface area contributed by atoms with E-state index in [-0.39, 0.29) is 0 Å². The van der Waals surface area contributed by atoms with Gasteiger partial charge in [0.05, 0.1) is 21.3 Å². The zero-order valence-corrected chi connectivity index (χ0v) is 20.6. The van der Waals surface area contributed by atoms with E-state index in [4.69, 9.17) is 24.7 Å². The third-order valence-corrected chi connectivity index (χ3v) is 6.76. The number of fused-ring (bicyclic) bond motifs is 1. The second-order valence-corrected chi connectivity index (χ2v) is 8.94. The smallest absolute Gasteiger partial charge is 0.203 e. The van der Waals surface area contributed by atoms with Crippen LogP contribution in [0.25, 0.3) is 11.1 Å². The maximum absolute atomic E-state index is 6.13. The van der Waals surface area contributed by atoms with Gasteiger partial charge in [-0.2, -0.15) is 0 Å². The maximum atomic E-state index is 6.13. The molecule has 0 saturated carbocycles. The molecule has 5 heteroatoms. The van der Waals surface area contributed by atoms with Gasteiger partial charge >= 0.3 is 0 Å². The number of aryl methyl sites for hydroxylation is 2. The van der Waals surface area contributed by atoms with Gasteiger partial charge in [-0.05, 0) is 91.1 Å². The van der Waals surface area contributed by atoms with E-state index in [0.29, 0.717) is 23.9 Å². The molecular weight excluding hydrogens is 426 g/mol. The number of methoxy groups -OCH3 is 3. The van der Waals surface area contributed by atoms with Crippen molar-refractivity contribution in [1.29, 1.82) is 0 Å². The molecule has 0 radical (unpaired) electrons. The molecule has 0 fully saturated rings. The molecule has 0 spiro atoms. The van der Waals surface area contributed by atoms with E-state index in [9.17, 15) is 0 Å². The van der Waals surface area contributed by atoms with Crippen LogP contribution in [0, 0.1) is 12.8 Å². The highest BCUT2D eigenvalue weighted by Crippen LogP contribution is 2.46. The Morgan fingerprint density at radius 1 is 0.882 bits per heavy atom. The summed E-state index contributed by atoms with van der Waals surface area (Å²) in [6.45, 7) is 3.35. The lowest BCUT2D eigenvalue weighted by Crippen LogP contribution is -2.17. The van der Waals surface area contributed by atoms with Crippen molar-refractivity contribution in [2.45, 2.75) is 39.2 Å². The fourth-order valence-electron chi connectivity index (χ4n) is 4.95. The number of ether oxygens (including phenoxy) is 4. The third kappa shape index (κ3) is 5.00. The molecule has 4 rings (SSSR count). The molecule has 1 unspecified atom stereocenters. The standard InChI is InChI=1S/C29H35NO4/c1-19-15-26(31-2)28(32-3)29(33-4)27(19)22-8-6-21(7-9-22)18-34-25-12-11-23-16-20(13-14-30)5-10-24(23)17-25/h6-9,11-12,15,17,20H,5,10,13-14,16,18,30H2,1-4H3. The first kappa shape index (κ1) is 24.0. The van der Waals surface area contributed by atoms with Gasteiger partial charge in [0.15, 0.2) is 11.5 Å². The third-order valence-electron chi connectivity index (χ3n) is 6.76. The van der Waals surface area contributed by atoms with Crippen molar-refractivity contribution in [1.82, 2.24) is 0 Å². The van der Waals surface area contributed by atoms with Crippen molar-refractivity contribution >= 4 is 0 Å². The lowest BCUT2D eigenvalue weighted by molar-refractivity contribution is 0.305. The van der Waals surface area contributed by atoms with Gasteiger partial charge in [-0.25, -0.2) is 0 Å². The van der Waals surface area contributed by atoms with Crippen molar-refractivity contribution in [2.75, 3.05) is 27.9 Å². The lowest BCUT2D eigenvalue weighted by atomic mass is 9.82. The monoisotopic (exact) mass is 461 g/mol. The Morgan fingerprint density at radius 2 is 1.65 bits per heavy atom. The first-order valence-corrected chi connectivity index (χ1v) is 11.9. The lowest BCUT2D eigenvalue weighted by Gasteiger charge is -2.24. The largest absolute Gasteiger partial charge is 0.493 e. The molecule has 5 nitrogen and oxygen atoms in total. The van der Waals surface area contributed by atoms with Crippen LogP contribution in [-0.2, 0) is 19.4 Å². The molecule has 0 aliphatic heterocycles. The summed E-state index contributed by atoms with van der Waals surface area (Å²) in [6.07, 6.45) is 4.57. The van der Waals surface area contributed by atoms with Crippen molar-refractivity contribution in [3.8, 4) is 34.1 Å². The van der Waals surface area contributed by atoms with Crippen molar-refractivity contribution in [3.05, 3.63) is 70.8 Å². The minimum absolute atomic E-state index is 0.525. The van der Waals surface area contributed by atoms with Gasteiger partial charge in [-0.3, -0.25) is 0 Å². The highest BCUT2D eigenvalue weighted by molar-refractivity contribution is 5.79. The van der Waals surface area contributed by atoms with Crippen LogP contribution in [0.2, 0.25) is 0 Å². The topological polar surface area (TPSA) is 62.9 Å². The second-order valence-electron chi connectivity index (χ2n) is 8.94. The molecule has 180 valence electrons. The molecule has 2 N–H and O–H groups in total. The second kappa shape index (κ2) is 10.8. The van der Waals surface area contributed by atoms with Gasteiger partial charge in [0.2, 0.25) is 5.75 Å². The number of nitrogens with two attached hydrogens (primary N) is 1. The summed E-state index contributed by atoms with van der Waals surface area (Å²) in [5.74, 6) is 3.57. The van der Waals surface area contributed by atoms with E-state index in [2.05, 4.69) is 42.5 Å². The molecule has 1 aliphatic carbocycles. The van der Waals surface area contributed by atoms with E-state index >= 15 is 0 Å². The molecule has 0 amide bonds. The Balaban J connectivity index is 1.47. The van der Waals surface area contributed by atoms with Crippen LogP contribution >= 0.6 is 0 Å². The van der Waals surface area contributed by atoms with Crippen LogP contribution in [0.1, 0.15) is 35.1 Å². The van der Waals surface area contributed by atoms with Crippen LogP contribution in [0.3, 0.4) is 0 Å². The molecule has 1 aliphatic rings. The fraction of sp³-hybridized carbons (Fsp3) is 0.379. The van der Waals surface area contributed by atoms with Crippen LogP contribution in [0.4, 0.5) is 0 Å². The van der Waals surface area contributed by atoms with Crippen molar-refractivity contribution < 1.29 is 18.9 Å². The first-order valence-electron chi connectivity index (χ1n) is 11.9. The zero-order valence-electron chi connectivity index (χ0n) is 20.6. The SMILES string of the molecule is COc1cc(C)c(-c2ccc(COc3ccc4c(c3)CCC(CCN)C4)cc2)c(OC)c1OC. The minimum Gasteiger partial charge on any atom is -0.493 e. The van der Waals surface area contributed by atoms with E-state index in [0.717, 1.165) is 59.7 Å². The maximum Gasteiger partial charge on any atom is 0.203 e. The molecule has 0 aromatic heterocycles. The highest BCUT2D eigenvalue weighted by atomic mass is 16.5. The summed E-state index contributed by atoms with van der Waals surface area (Å²) in [6, 6.07) is 16.9. The van der Waals surface area contributed by atoms with E-state index < -0.39 is 0 Å². The number of hydrogen-bond donors (Lipinski definition) is 1. The normalized spacial score (nSPS) is 14.9. The van der Waals surface area contributed by atoms with Gasteiger partial charge in [-0.15, -0.1) is 0 Å². The summed E-state index contributed by atoms with van der Waals surface area (Å²) in [5, 5.41) is 0. The van der Waals surface area contributed by atoms with Gasteiger partial charge in [0.1, 0.15) is 12.4 Å². The fourth-order valence-corrected chi connectivity index (χ4v) is 4.95. The van der Waals surface area contributed by atoms with E-state index in [1.54, 1.807) is 21.3 Å². The van der Waals surface area contributed by atoms with Gasteiger partial charge in [0, 0.05) is 5.56 Å². The van der Waals surface area contributed by atoms with E-state index in [1.165, 1.54) is 17.5 Å². The summed E-state index contributed by atoms with van der Waals surface area (Å²) in [7, 11) is 4.91. The summed E-state index contributed by atoms with van der Waals surface area (Å²) in [5.41, 5.74) is 12.8. The predicted octanol–water partition coefficient (Wildman–Crippen LogP) is 5.72. The zero-order chi connectivity index (χ0) is 24.1. The molecule has 3 aromatic rings. The average molecular weight is 462 g/mol. The van der Waals surface area contributed by atoms with Crippen molar-refractivity contribution in [3.63, 3.8) is 0 Å². The number of hydrogen-bond acceptors (Lipinski definition) is 5. The van der Waals surface area contributed by atoms with E-state index in [1.807, 2.05) is 13.0 Å². The van der Waals surface area contributed by atoms with Crippen LogP contribution in [0.15, 0.2) is 48.5 Å². The molecule has 0 bridgehead atoms. The van der Waals surface area contributed by atoms with Gasteiger partial charge in [0.25, 0.3) is 0 Å². The Labute approximate surface area is 202 Å².